The quantitative estimate of drug-likeness (QED) is 0.576. The highest BCUT2D eigenvalue weighted by atomic mass is 16.4. The summed E-state index contributed by atoms with van der Waals surface area (Å²) in [5, 5.41) is 20.4. The number of hydrogen-bond donors (Lipinski definition) is 3. The second kappa shape index (κ2) is 8.36. The first-order valence-electron chi connectivity index (χ1n) is 6.37. The Morgan fingerprint density at radius 1 is 1.25 bits per heavy atom. The van der Waals surface area contributed by atoms with Crippen molar-refractivity contribution in [2.24, 2.45) is 0 Å². The SMILES string of the molecule is CCCN(CC(=O)N(C)C)C(=O)NC(C(=O)O)C(C)O. The minimum absolute atomic E-state index is 0.140. The maximum absolute atomic E-state index is 12.0. The van der Waals surface area contributed by atoms with Crippen LogP contribution < -0.4 is 5.32 Å². The van der Waals surface area contributed by atoms with Gasteiger partial charge in [-0.1, -0.05) is 6.92 Å². The summed E-state index contributed by atoms with van der Waals surface area (Å²) in [5.74, 6) is -1.60. The first-order chi connectivity index (χ1) is 9.20. The fourth-order valence-corrected chi connectivity index (χ4v) is 1.44. The van der Waals surface area contributed by atoms with Crippen LogP contribution in [0.3, 0.4) is 0 Å². The lowest BCUT2D eigenvalue weighted by Crippen LogP contribution is -2.54. The number of nitrogens with one attached hydrogen (secondary N) is 1. The zero-order valence-corrected chi connectivity index (χ0v) is 12.3. The summed E-state index contributed by atoms with van der Waals surface area (Å²) >= 11 is 0. The molecule has 8 heteroatoms. The van der Waals surface area contributed by atoms with Gasteiger partial charge in [-0.15, -0.1) is 0 Å². The number of amides is 3. The van der Waals surface area contributed by atoms with Gasteiger partial charge in [-0.2, -0.15) is 0 Å². The molecular weight excluding hydrogens is 266 g/mol. The highest BCUT2D eigenvalue weighted by Gasteiger charge is 2.27. The average Bonchev–Trinajstić information content (AvgIpc) is 2.33. The smallest absolute Gasteiger partial charge is 0.328 e. The van der Waals surface area contributed by atoms with Gasteiger partial charge in [0.15, 0.2) is 6.04 Å². The van der Waals surface area contributed by atoms with E-state index in [-0.39, 0.29) is 12.5 Å². The summed E-state index contributed by atoms with van der Waals surface area (Å²) in [6.07, 6.45) is -0.606. The molecule has 0 spiro atoms. The third-order valence-corrected chi connectivity index (χ3v) is 2.63. The fraction of sp³-hybridized carbons (Fsp3) is 0.750. The van der Waals surface area contributed by atoms with E-state index in [1.807, 2.05) is 6.92 Å². The molecule has 0 saturated carbocycles. The molecule has 20 heavy (non-hydrogen) atoms. The summed E-state index contributed by atoms with van der Waals surface area (Å²) < 4.78 is 0. The fourth-order valence-electron chi connectivity index (χ4n) is 1.44. The summed E-state index contributed by atoms with van der Waals surface area (Å²) in [7, 11) is 3.14. The van der Waals surface area contributed by atoms with Crippen molar-refractivity contribution in [3.63, 3.8) is 0 Å². The number of carbonyl (C=O) groups is 3. The van der Waals surface area contributed by atoms with Crippen LogP contribution >= 0.6 is 0 Å². The summed E-state index contributed by atoms with van der Waals surface area (Å²) in [5.41, 5.74) is 0. The average molecular weight is 289 g/mol. The van der Waals surface area contributed by atoms with Gasteiger partial charge in [0, 0.05) is 20.6 Å². The highest BCUT2D eigenvalue weighted by molar-refractivity contribution is 5.86. The van der Waals surface area contributed by atoms with Crippen LogP contribution in [0.4, 0.5) is 4.79 Å². The molecule has 0 bridgehead atoms. The van der Waals surface area contributed by atoms with E-state index in [0.717, 1.165) is 0 Å². The monoisotopic (exact) mass is 289 g/mol. The van der Waals surface area contributed by atoms with Gasteiger partial charge in [0.1, 0.15) is 6.54 Å². The molecule has 2 unspecified atom stereocenters. The molecule has 0 aliphatic carbocycles. The van der Waals surface area contributed by atoms with Crippen molar-refractivity contribution in [2.45, 2.75) is 32.4 Å². The molecule has 116 valence electrons. The minimum atomic E-state index is -1.41. The molecule has 0 aliphatic heterocycles. The number of nitrogens with zero attached hydrogens (tertiary/aromatic N) is 2. The predicted octanol–water partition coefficient (Wildman–Crippen LogP) is -0.670. The van der Waals surface area contributed by atoms with Crippen molar-refractivity contribution < 1.29 is 24.6 Å². The molecule has 0 aromatic rings. The number of aliphatic hydroxyl groups is 1. The first kappa shape index (κ1) is 18.2. The maximum atomic E-state index is 12.0. The van der Waals surface area contributed by atoms with Crippen LogP contribution in [0, 0.1) is 0 Å². The standard InChI is InChI=1S/C12H23N3O5/c1-5-6-15(7-9(17)14(3)4)12(20)13-10(8(2)16)11(18)19/h8,10,16H,5-7H2,1-4H3,(H,13,20)(H,18,19). The number of hydrogen-bond acceptors (Lipinski definition) is 4. The minimum Gasteiger partial charge on any atom is -0.480 e. The number of urea groups is 1. The van der Waals surface area contributed by atoms with E-state index >= 15 is 0 Å². The van der Waals surface area contributed by atoms with Crippen molar-refractivity contribution in [3.05, 3.63) is 0 Å². The second-order valence-electron chi connectivity index (χ2n) is 4.72. The van der Waals surface area contributed by atoms with Crippen LogP contribution in [0.2, 0.25) is 0 Å². The van der Waals surface area contributed by atoms with Gasteiger partial charge in [-0.25, -0.2) is 9.59 Å². The third kappa shape index (κ3) is 5.87. The number of likely N-dealkylation sites (N-methyl/N-ethyl adjacent to an activating group) is 1. The Hall–Kier alpha value is -1.83. The molecule has 2 atom stereocenters. The van der Waals surface area contributed by atoms with Crippen molar-refractivity contribution in [2.75, 3.05) is 27.2 Å². The Bertz CT molecular complexity index is 357. The predicted molar refractivity (Wildman–Crippen MR) is 72.2 cm³/mol. The molecule has 8 nitrogen and oxygen atoms in total. The largest absolute Gasteiger partial charge is 0.480 e. The molecule has 0 saturated heterocycles. The summed E-state index contributed by atoms with van der Waals surface area (Å²) in [6.45, 7) is 3.29. The van der Waals surface area contributed by atoms with Gasteiger partial charge >= 0.3 is 12.0 Å². The molecule has 0 aromatic carbocycles. The van der Waals surface area contributed by atoms with Crippen LogP contribution in [0.25, 0.3) is 0 Å². The van der Waals surface area contributed by atoms with E-state index in [2.05, 4.69) is 5.32 Å². The Kier molecular flexibility index (Phi) is 7.60. The lowest BCUT2D eigenvalue weighted by atomic mass is 10.2. The van der Waals surface area contributed by atoms with E-state index in [1.165, 1.54) is 16.7 Å². The molecule has 0 heterocycles. The van der Waals surface area contributed by atoms with Gasteiger partial charge in [0.05, 0.1) is 6.10 Å². The van der Waals surface area contributed by atoms with Gasteiger partial charge in [0.2, 0.25) is 5.91 Å². The van der Waals surface area contributed by atoms with Gasteiger partial charge in [-0.3, -0.25) is 4.79 Å². The van der Waals surface area contributed by atoms with E-state index in [0.29, 0.717) is 13.0 Å². The molecule has 0 fully saturated rings. The lowest BCUT2D eigenvalue weighted by molar-refractivity contribution is -0.141. The molecule has 0 aliphatic rings. The van der Waals surface area contributed by atoms with Crippen LogP contribution in [-0.4, -0.2) is 77.3 Å². The van der Waals surface area contributed by atoms with Crippen molar-refractivity contribution in [1.29, 1.82) is 0 Å². The van der Waals surface area contributed by atoms with Crippen LogP contribution in [0.15, 0.2) is 0 Å². The number of aliphatic hydroxyl groups excluding tert-OH is 1. The number of carboxylic acids is 1. The molecule has 3 N–H and O–H groups in total. The molecule has 0 radical (unpaired) electrons. The van der Waals surface area contributed by atoms with Gasteiger partial charge < -0.3 is 25.3 Å². The number of rotatable bonds is 7. The number of carbonyl (C=O) groups excluding carboxylic acids is 2. The summed E-state index contributed by atoms with van der Waals surface area (Å²) in [6, 6.07) is -2.09. The van der Waals surface area contributed by atoms with Crippen molar-refractivity contribution in [3.8, 4) is 0 Å². The van der Waals surface area contributed by atoms with Gasteiger partial charge in [0.25, 0.3) is 0 Å². The lowest BCUT2D eigenvalue weighted by Gasteiger charge is -2.26. The second-order valence-corrected chi connectivity index (χ2v) is 4.72. The molecular formula is C12H23N3O5. The number of carboxylic acid groups (broad SMARTS) is 1. The van der Waals surface area contributed by atoms with E-state index < -0.39 is 24.1 Å². The Balaban J connectivity index is 4.79. The zero-order valence-electron chi connectivity index (χ0n) is 12.3. The Labute approximate surface area is 118 Å². The Morgan fingerprint density at radius 2 is 1.80 bits per heavy atom. The van der Waals surface area contributed by atoms with Crippen LogP contribution in [-0.2, 0) is 9.59 Å². The summed E-state index contributed by atoms with van der Waals surface area (Å²) in [4.78, 5) is 37.1. The third-order valence-electron chi connectivity index (χ3n) is 2.63. The topological polar surface area (TPSA) is 110 Å². The maximum Gasteiger partial charge on any atom is 0.328 e. The highest BCUT2D eigenvalue weighted by Crippen LogP contribution is 1.99. The molecule has 0 aromatic heterocycles. The molecule has 0 rings (SSSR count). The van der Waals surface area contributed by atoms with Crippen LogP contribution in [0.1, 0.15) is 20.3 Å². The van der Waals surface area contributed by atoms with E-state index in [9.17, 15) is 19.5 Å². The number of aliphatic carboxylic acids is 1. The normalized spacial score (nSPS) is 13.2. The van der Waals surface area contributed by atoms with Gasteiger partial charge in [-0.05, 0) is 13.3 Å². The van der Waals surface area contributed by atoms with E-state index in [4.69, 9.17) is 5.11 Å². The zero-order chi connectivity index (χ0) is 15.9. The van der Waals surface area contributed by atoms with Crippen LogP contribution in [0.5, 0.6) is 0 Å². The van der Waals surface area contributed by atoms with E-state index in [1.54, 1.807) is 14.1 Å². The van der Waals surface area contributed by atoms with Crippen molar-refractivity contribution >= 4 is 17.9 Å². The van der Waals surface area contributed by atoms with Crippen molar-refractivity contribution in [1.82, 2.24) is 15.1 Å². The Morgan fingerprint density at radius 3 is 2.15 bits per heavy atom. The first-order valence-corrected chi connectivity index (χ1v) is 6.37. The molecule has 3 amide bonds.